The lowest BCUT2D eigenvalue weighted by Crippen LogP contribution is -2.14. The van der Waals surface area contributed by atoms with E-state index in [9.17, 15) is 13.2 Å². The summed E-state index contributed by atoms with van der Waals surface area (Å²) in [6, 6.07) is 0. The number of rotatable bonds is 8. The number of carbonyl (C=O) groups excluding carboxylic acids is 1. The first-order valence-electron chi connectivity index (χ1n) is 6.69. The first kappa shape index (κ1) is 17.9. The van der Waals surface area contributed by atoms with Crippen molar-refractivity contribution in [2.24, 2.45) is 0 Å². The molecule has 0 atom stereocenters. The number of ketones is 1. The molecule has 3 N–H and O–H groups in total. The average Bonchev–Trinajstić information content (AvgIpc) is 2.70. The van der Waals surface area contributed by atoms with Crippen molar-refractivity contribution in [1.82, 2.24) is 0 Å². The molecule has 6 nitrogen and oxygen atoms in total. The average molecular weight is 334 g/mol. The number of anilines is 2. The zero-order valence-electron chi connectivity index (χ0n) is 12.7. The van der Waals surface area contributed by atoms with E-state index in [-0.39, 0.29) is 28.9 Å². The molecule has 0 radical (unpaired) electrons. The number of ether oxygens (including phenoxy) is 1. The molecule has 0 aliphatic carbocycles. The van der Waals surface area contributed by atoms with Gasteiger partial charge in [-0.2, -0.15) is 0 Å². The van der Waals surface area contributed by atoms with Gasteiger partial charge in [-0.3, -0.25) is 4.79 Å². The summed E-state index contributed by atoms with van der Waals surface area (Å²) < 4.78 is 29.2. The van der Waals surface area contributed by atoms with E-state index in [0.29, 0.717) is 23.0 Å². The Morgan fingerprint density at radius 1 is 1.43 bits per heavy atom. The van der Waals surface area contributed by atoms with Crippen LogP contribution in [0.25, 0.3) is 0 Å². The van der Waals surface area contributed by atoms with Crippen molar-refractivity contribution in [3.8, 4) is 0 Å². The number of thiophene rings is 1. The Bertz CT molecular complexity index is 606. The van der Waals surface area contributed by atoms with E-state index in [4.69, 9.17) is 10.5 Å². The van der Waals surface area contributed by atoms with Crippen molar-refractivity contribution in [3.63, 3.8) is 0 Å². The number of nitrogens with one attached hydrogen (secondary N) is 1. The van der Waals surface area contributed by atoms with Crippen LogP contribution in [0.4, 0.5) is 10.7 Å². The van der Waals surface area contributed by atoms with Gasteiger partial charge in [0.15, 0.2) is 15.6 Å². The zero-order chi connectivity index (χ0) is 16.2. The Morgan fingerprint density at radius 2 is 2.05 bits per heavy atom. The standard InChI is InChI=1S/C13H22N2O4S2/c1-5-9(16)11-10(14)12(21(4,17)18)13(20-11)15-6-7-19-8(2)3/h8,15H,5-7,14H2,1-4H3. The van der Waals surface area contributed by atoms with Gasteiger partial charge >= 0.3 is 0 Å². The van der Waals surface area contributed by atoms with Crippen LogP contribution in [-0.2, 0) is 14.6 Å². The fourth-order valence-electron chi connectivity index (χ4n) is 1.74. The highest BCUT2D eigenvalue weighted by Crippen LogP contribution is 2.39. The summed E-state index contributed by atoms with van der Waals surface area (Å²) in [6.45, 7) is 6.44. The maximum atomic E-state index is 11.9. The molecule has 1 rings (SSSR count). The second-order valence-electron chi connectivity index (χ2n) is 4.90. The van der Waals surface area contributed by atoms with E-state index >= 15 is 0 Å². The predicted molar refractivity (Wildman–Crippen MR) is 86.0 cm³/mol. The Kier molecular flexibility index (Phi) is 6.18. The van der Waals surface area contributed by atoms with E-state index in [1.807, 2.05) is 13.8 Å². The number of nitrogen functional groups attached to an aromatic ring is 1. The molecule has 0 aromatic carbocycles. The summed E-state index contributed by atoms with van der Waals surface area (Å²) in [4.78, 5) is 12.1. The third-order valence-electron chi connectivity index (χ3n) is 2.68. The number of carbonyl (C=O) groups is 1. The van der Waals surface area contributed by atoms with Gasteiger partial charge in [-0.25, -0.2) is 8.42 Å². The van der Waals surface area contributed by atoms with Gasteiger partial charge in [0.05, 0.1) is 23.3 Å². The summed E-state index contributed by atoms with van der Waals surface area (Å²) >= 11 is 1.08. The van der Waals surface area contributed by atoms with E-state index < -0.39 is 9.84 Å². The first-order chi connectivity index (χ1) is 9.68. The Hall–Kier alpha value is -1.12. The van der Waals surface area contributed by atoms with Gasteiger partial charge in [0, 0.05) is 19.2 Å². The fraction of sp³-hybridized carbons (Fsp3) is 0.615. The van der Waals surface area contributed by atoms with Crippen LogP contribution in [0.1, 0.15) is 36.9 Å². The summed E-state index contributed by atoms with van der Waals surface area (Å²) in [5, 5.41) is 3.40. The van der Waals surface area contributed by atoms with Crippen molar-refractivity contribution >= 4 is 37.6 Å². The summed E-state index contributed by atoms with van der Waals surface area (Å²) in [5.41, 5.74) is 5.90. The molecular weight excluding hydrogens is 312 g/mol. The van der Waals surface area contributed by atoms with Crippen LogP contribution >= 0.6 is 11.3 Å². The maximum Gasteiger partial charge on any atom is 0.180 e. The molecule has 1 aromatic rings. The molecule has 0 amide bonds. The highest BCUT2D eigenvalue weighted by molar-refractivity contribution is 7.91. The lowest BCUT2D eigenvalue weighted by Gasteiger charge is -2.09. The van der Waals surface area contributed by atoms with E-state index in [1.54, 1.807) is 6.92 Å². The first-order valence-corrected chi connectivity index (χ1v) is 9.40. The topological polar surface area (TPSA) is 98.5 Å². The van der Waals surface area contributed by atoms with Crippen LogP contribution < -0.4 is 11.1 Å². The minimum absolute atomic E-state index is 0.00819. The summed E-state index contributed by atoms with van der Waals surface area (Å²) in [6.07, 6.45) is 1.47. The number of sulfone groups is 1. The van der Waals surface area contributed by atoms with Gasteiger partial charge in [0.2, 0.25) is 0 Å². The number of Topliss-reactive ketones (excluding diaryl/α,β-unsaturated/α-hetero) is 1. The molecule has 0 spiro atoms. The normalized spacial score (nSPS) is 11.9. The van der Waals surface area contributed by atoms with Gasteiger partial charge in [0.25, 0.3) is 0 Å². The molecule has 1 heterocycles. The minimum Gasteiger partial charge on any atom is -0.396 e. The van der Waals surface area contributed by atoms with E-state index in [2.05, 4.69) is 5.32 Å². The molecule has 0 unspecified atom stereocenters. The molecule has 0 saturated carbocycles. The monoisotopic (exact) mass is 334 g/mol. The predicted octanol–water partition coefficient (Wildman–Crippen LogP) is 2.16. The number of nitrogens with two attached hydrogens (primary N) is 1. The van der Waals surface area contributed by atoms with Crippen LogP contribution in [0.5, 0.6) is 0 Å². The third kappa shape index (κ3) is 4.69. The van der Waals surface area contributed by atoms with Crippen LogP contribution in [-0.4, -0.2) is 39.7 Å². The Morgan fingerprint density at radius 3 is 2.52 bits per heavy atom. The SMILES string of the molecule is CCC(=O)c1sc(NCCOC(C)C)c(S(C)(=O)=O)c1N. The van der Waals surface area contributed by atoms with Crippen LogP contribution in [0.3, 0.4) is 0 Å². The lowest BCUT2D eigenvalue weighted by molar-refractivity contribution is 0.0870. The molecule has 8 heteroatoms. The maximum absolute atomic E-state index is 11.9. The van der Waals surface area contributed by atoms with Crippen molar-refractivity contribution in [2.45, 2.75) is 38.2 Å². The molecule has 0 aliphatic rings. The molecular formula is C13H22N2O4S2. The molecule has 0 bridgehead atoms. The van der Waals surface area contributed by atoms with Gasteiger partial charge < -0.3 is 15.8 Å². The molecule has 1 aromatic heterocycles. The van der Waals surface area contributed by atoms with Crippen LogP contribution in [0.15, 0.2) is 4.90 Å². The Balaban J connectivity index is 3.04. The lowest BCUT2D eigenvalue weighted by atomic mass is 10.2. The van der Waals surface area contributed by atoms with Crippen molar-refractivity contribution in [3.05, 3.63) is 4.88 Å². The summed E-state index contributed by atoms with van der Waals surface area (Å²) in [7, 11) is -3.51. The second-order valence-corrected chi connectivity index (χ2v) is 7.87. The molecule has 0 aliphatic heterocycles. The third-order valence-corrected chi connectivity index (χ3v) is 5.18. The van der Waals surface area contributed by atoms with E-state index in [1.165, 1.54) is 0 Å². The van der Waals surface area contributed by atoms with Gasteiger partial charge in [0.1, 0.15) is 9.90 Å². The minimum atomic E-state index is -3.51. The van der Waals surface area contributed by atoms with Crippen molar-refractivity contribution in [1.29, 1.82) is 0 Å². The quantitative estimate of drug-likeness (QED) is 0.558. The zero-order valence-corrected chi connectivity index (χ0v) is 14.4. The molecule has 120 valence electrons. The highest BCUT2D eigenvalue weighted by Gasteiger charge is 2.26. The number of hydrogen-bond donors (Lipinski definition) is 2. The van der Waals surface area contributed by atoms with Gasteiger partial charge in [-0.15, -0.1) is 11.3 Å². The molecule has 0 fully saturated rings. The van der Waals surface area contributed by atoms with Gasteiger partial charge in [-0.1, -0.05) is 6.92 Å². The largest absolute Gasteiger partial charge is 0.396 e. The van der Waals surface area contributed by atoms with Crippen LogP contribution in [0, 0.1) is 0 Å². The van der Waals surface area contributed by atoms with Crippen LogP contribution in [0.2, 0.25) is 0 Å². The van der Waals surface area contributed by atoms with Crippen molar-refractivity contribution in [2.75, 3.05) is 30.5 Å². The molecule has 21 heavy (non-hydrogen) atoms. The van der Waals surface area contributed by atoms with E-state index in [0.717, 1.165) is 17.6 Å². The van der Waals surface area contributed by atoms with Crippen molar-refractivity contribution < 1.29 is 17.9 Å². The van der Waals surface area contributed by atoms with Gasteiger partial charge in [-0.05, 0) is 13.8 Å². The Labute approximate surface area is 129 Å². The second kappa shape index (κ2) is 7.24. The highest BCUT2D eigenvalue weighted by atomic mass is 32.2. The number of hydrogen-bond acceptors (Lipinski definition) is 7. The summed E-state index contributed by atoms with van der Waals surface area (Å²) in [5.74, 6) is -0.158. The fourth-order valence-corrected chi connectivity index (χ4v) is 4.35. The molecule has 0 saturated heterocycles. The smallest absolute Gasteiger partial charge is 0.180 e.